The van der Waals surface area contributed by atoms with Crippen LogP contribution in [0.25, 0.3) is 11.6 Å². The molecule has 0 fully saturated rings. The standard InChI is InChI=1S/C17H14F4O/c1-16(2)4-3-9-6-12-10(5-11(9)8-16)7-13(22)15(18)14(12)17(19,20)21/h3-6H,7-8H2,1-2H3. The molecule has 3 rings (SSSR count). The zero-order valence-corrected chi connectivity index (χ0v) is 12.1. The van der Waals surface area contributed by atoms with E-state index in [9.17, 15) is 22.4 Å². The molecule has 0 saturated heterocycles. The molecule has 0 unspecified atom stereocenters. The highest BCUT2D eigenvalue weighted by Crippen LogP contribution is 2.44. The van der Waals surface area contributed by atoms with Crippen LogP contribution in [0.1, 0.15) is 36.1 Å². The van der Waals surface area contributed by atoms with Crippen molar-refractivity contribution in [3.8, 4) is 0 Å². The largest absolute Gasteiger partial charge is 0.419 e. The molecule has 0 heterocycles. The topological polar surface area (TPSA) is 17.1 Å². The number of hydrogen-bond acceptors (Lipinski definition) is 1. The van der Waals surface area contributed by atoms with Crippen LogP contribution < -0.4 is 0 Å². The fourth-order valence-electron chi connectivity index (χ4n) is 3.05. The second-order valence-corrected chi connectivity index (χ2v) is 6.49. The van der Waals surface area contributed by atoms with Crippen LogP contribution in [0.4, 0.5) is 17.6 Å². The first-order chi connectivity index (χ1) is 10.1. The Morgan fingerprint density at radius 3 is 2.45 bits per heavy atom. The van der Waals surface area contributed by atoms with Gasteiger partial charge in [0.1, 0.15) is 5.57 Å². The summed E-state index contributed by atoms with van der Waals surface area (Å²) in [5.41, 5.74) is 0.0503. The van der Waals surface area contributed by atoms with Gasteiger partial charge < -0.3 is 0 Å². The van der Waals surface area contributed by atoms with Crippen molar-refractivity contribution < 1.29 is 22.4 Å². The Bertz CT molecular complexity index is 736. The Labute approximate surface area is 125 Å². The molecule has 0 N–H and O–H groups in total. The third-order valence-corrected chi connectivity index (χ3v) is 4.09. The SMILES string of the molecule is CC1(C)C=Cc2cc3c(cc2C1)CC(=O)C(F)=C3C(F)(F)F. The molecule has 116 valence electrons. The van der Waals surface area contributed by atoms with Gasteiger partial charge in [0, 0.05) is 6.42 Å². The van der Waals surface area contributed by atoms with Gasteiger partial charge in [0.15, 0.2) is 11.6 Å². The molecule has 0 spiro atoms. The van der Waals surface area contributed by atoms with E-state index in [0.29, 0.717) is 12.0 Å². The molecule has 5 heteroatoms. The lowest BCUT2D eigenvalue weighted by atomic mass is 9.76. The number of carbonyl (C=O) groups excluding carboxylic acids is 1. The van der Waals surface area contributed by atoms with Crippen molar-refractivity contribution in [2.45, 2.75) is 32.9 Å². The monoisotopic (exact) mass is 310 g/mol. The highest BCUT2D eigenvalue weighted by Gasteiger charge is 2.43. The van der Waals surface area contributed by atoms with Gasteiger partial charge in [0.2, 0.25) is 0 Å². The van der Waals surface area contributed by atoms with E-state index in [4.69, 9.17) is 0 Å². The zero-order chi connectivity index (χ0) is 16.3. The lowest BCUT2D eigenvalue weighted by molar-refractivity contribution is -0.117. The summed E-state index contributed by atoms with van der Waals surface area (Å²) in [4.78, 5) is 11.6. The maximum absolute atomic E-state index is 13.8. The maximum Gasteiger partial charge on any atom is 0.419 e. The third-order valence-electron chi connectivity index (χ3n) is 4.09. The van der Waals surface area contributed by atoms with E-state index >= 15 is 0 Å². The smallest absolute Gasteiger partial charge is 0.291 e. The van der Waals surface area contributed by atoms with Gasteiger partial charge in [-0.3, -0.25) is 4.79 Å². The fourth-order valence-corrected chi connectivity index (χ4v) is 3.05. The number of ketones is 1. The van der Waals surface area contributed by atoms with Gasteiger partial charge in [-0.2, -0.15) is 13.2 Å². The molecule has 1 aromatic carbocycles. The highest BCUT2D eigenvalue weighted by atomic mass is 19.4. The minimum Gasteiger partial charge on any atom is -0.291 e. The Kier molecular flexibility index (Phi) is 3.10. The predicted molar refractivity (Wildman–Crippen MR) is 75.8 cm³/mol. The number of fused-ring (bicyclic) bond motifs is 2. The molecule has 0 amide bonds. The summed E-state index contributed by atoms with van der Waals surface area (Å²) >= 11 is 0. The van der Waals surface area contributed by atoms with E-state index in [1.807, 2.05) is 19.9 Å². The molecular weight excluding hydrogens is 296 g/mol. The summed E-state index contributed by atoms with van der Waals surface area (Å²) in [5, 5.41) is 0. The molecular formula is C17H14F4O. The van der Waals surface area contributed by atoms with Crippen molar-refractivity contribution in [2.24, 2.45) is 5.41 Å². The minimum atomic E-state index is -4.89. The number of rotatable bonds is 0. The molecule has 1 nitrogen and oxygen atoms in total. The van der Waals surface area contributed by atoms with Crippen LogP contribution in [0, 0.1) is 5.41 Å². The van der Waals surface area contributed by atoms with Crippen LogP contribution in [-0.2, 0) is 17.6 Å². The number of halogens is 4. The van der Waals surface area contributed by atoms with Crippen molar-refractivity contribution in [3.05, 3.63) is 46.3 Å². The number of carbonyl (C=O) groups is 1. The molecule has 0 saturated carbocycles. The summed E-state index contributed by atoms with van der Waals surface area (Å²) in [7, 11) is 0. The average Bonchev–Trinajstić information content (AvgIpc) is 2.36. The fraction of sp³-hybridized carbons (Fsp3) is 0.353. The van der Waals surface area contributed by atoms with Gasteiger partial charge in [0.05, 0.1) is 0 Å². The Morgan fingerprint density at radius 2 is 1.82 bits per heavy atom. The van der Waals surface area contributed by atoms with Crippen molar-refractivity contribution in [1.29, 1.82) is 0 Å². The Balaban J connectivity index is 2.22. The average molecular weight is 310 g/mol. The lowest BCUT2D eigenvalue weighted by Gasteiger charge is -2.29. The molecule has 2 aliphatic rings. The van der Waals surface area contributed by atoms with E-state index < -0.39 is 23.4 Å². The zero-order valence-electron chi connectivity index (χ0n) is 12.1. The van der Waals surface area contributed by atoms with Crippen molar-refractivity contribution >= 4 is 17.4 Å². The van der Waals surface area contributed by atoms with E-state index in [1.54, 1.807) is 12.1 Å². The van der Waals surface area contributed by atoms with E-state index in [-0.39, 0.29) is 23.0 Å². The van der Waals surface area contributed by atoms with Gasteiger partial charge in [-0.15, -0.1) is 0 Å². The van der Waals surface area contributed by atoms with Crippen LogP contribution in [0.2, 0.25) is 0 Å². The summed E-state index contributed by atoms with van der Waals surface area (Å²) < 4.78 is 53.2. The van der Waals surface area contributed by atoms with Crippen LogP contribution in [0.3, 0.4) is 0 Å². The first-order valence-electron chi connectivity index (χ1n) is 6.94. The molecule has 22 heavy (non-hydrogen) atoms. The lowest BCUT2D eigenvalue weighted by Crippen LogP contribution is -2.24. The summed E-state index contributed by atoms with van der Waals surface area (Å²) in [5.74, 6) is -2.79. The van der Waals surface area contributed by atoms with Crippen LogP contribution in [0.5, 0.6) is 0 Å². The molecule has 1 aromatic rings. The summed E-state index contributed by atoms with van der Waals surface area (Å²) in [6.45, 7) is 4.05. The summed E-state index contributed by atoms with van der Waals surface area (Å²) in [6, 6.07) is 2.97. The van der Waals surface area contributed by atoms with Gasteiger partial charge >= 0.3 is 6.18 Å². The van der Waals surface area contributed by atoms with Crippen molar-refractivity contribution in [2.75, 3.05) is 0 Å². The quantitative estimate of drug-likeness (QED) is 0.637. The van der Waals surface area contributed by atoms with Crippen molar-refractivity contribution in [3.63, 3.8) is 0 Å². The second-order valence-electron chi connectivity index (χ2n) is 6.49. The Morgan fingerprint density at radius 1 is 1.14 bits per heavy atom. The second kappa shape index (κ2) is 4.54. The number of benzene rings is 1. The molecule has 2 aliphatic carbocycles. The Hall–Kier alpha value is -1.91. The third kappa shape index (κ3) is 2.38. The minimum absolute atomic E-state index is 0.0894. The normalized spacial score (nSPS) is 20.0. The van der Waals surface area contributed by atoms with Crippen LogP contribution in [-0.4, -0.2) is 12.0 Å². The van der Waals surface area contributed by atoms with Gasteiger partial charge in [0.25, 0.3) is 0 Å². The van der Waals surface area contributed by atoms with Crippen LogP contribution in [0.15, 0.2) is 24.0 Å². The number of Topliss-reactive ketones (excluding diaryl/α,β-unsaturated/α-hetero) is 1. The summed E-state index contributed by atoms with van der Waals surface area (Å²) in [6.07, 6.45) is -0.836. The molecule has 0 aromatic heterocycles. The molecule has 0 bridgehead atoms. The van der Waals surface area contributed by atoms with Crippen LogP contribution >= 0.6 is 0 Å². The van der Waals surface area contributed by atoms with Gasteiger partial charge in [-0.05, 0) is 40.2 Å². The maximum atomic E-state index is 13.8. The molecule has 0 atom stereocenters. The first-order valence-corrected chi connectivity index (χ1v) is 6.94. The number of allylic oxidation sites excluding steroid dienone is 3. The number of alkyl halides is 3. The molecule has 0 aliphatic heterocycles. The highest BCUT2D eigenvalue weighted by molar-refractivity contribution is 6.06. The van der Waals surface area contributed by atoms with Gasteiger partial charge in [-0.1, -0.05) is 32.1 Å². The van der Waals surface area contributed by atoms with E-state index in [2.05, 4.69) is 0 Å². The predicted octanol–water partition coefficient (Wildman–Crippen LogP) is 4.65. The molecule has 0 radical (unpaired) electrons. The first kappa shape index (κ1) is 15.0. The van der Waals surface area contributed by atoms with Gasteiger partial charge in [-0.25, -0.2) is 4.39 Å². The van der Waals surface area contributed by atoms with Crippen molar-refractivity contribution in [1.82, 2.24) is 0 Å². The number of hydrogen-bond donors (Lipinski definition) is 0. The van der Waals surface area contributed by atoms with E-state index in [1.165, 1.54) is 6.07 Å². The van der Waals surface area contributed by atoms with E-state index in [0.717, 1.165) is 5.56 Å².